The zero-order chi connectivity index (χ0) is 22.1. The number of hydrogen-bond acceptors (Lipinski definition) is 4. The summed E-state index contributed by atoms with van der Waals surface area (Å²) < 4.78 is 12.9. The number of guanidine groups is 1. The summed E-state index contributed by atoms with van der Waals surface area (Å²) in [6.07, 6.45) is 4.03. The summed E-state index contributed by atoms with van der Waals surface area (Å²) in [7, 11) is 3.39. The smallest absolute Gasteiger partial charge is 0.195 e. The monoisotopic (exact) mass is 549 g/mol. The second kappa shape index (κ2) is 12.9. The van der Waals surface area contributed by atoms with E-state index in [4.69, 9.17) is 9.47 Å². The number of nitrogens with zero attached hydrogens (tertiary/aromatic N) is 3. The van der Waals surface area contributed by atoms with Gasteiger partial charge in [-0.25, -0.2) is 4.68 Å². The number of para-hydroxylation sites is 1. The maximum absolute atomic E-state index is 5.57. The number of aromatic nitrogens is 2. The zero-order valence-electron chi connectivity index (χ0n) is 19.1. The Morgan fingerprint density at radius 3 is 2.59 bits per heavy atom. The van der Waals surface area contributed by atoms with Crippen molar-refractivity contribution in [3.8, 4) is 17.2 Å². The SMILES string of the molecule is CCOc1ccc(NC(=NC)NCCCc2cn(-c3ccccc3)nc2C)cc1OC.I. The predicted octanol–water partition coefficient (Wildman–Crippen LogP) is 4.83. The molecule has 0 amide bonds. The van der Waals surface area contributed by atoms with Crippen molar-refractivity contribution >= 4 is 35.6 Å². The number of rotatable bonds is 9. The van der Waals surface area contributed by atoms with Crippen molar-refractivity contribution in [2.45, 2.75) is 26.7 Å². The summed E-state index contributed by atoms with van der Waals surface area (Å²) in [5.41, 5.74) is 4.27. The van der Waals surface area contributed by atoms with Gasteiger partial charge in [0, 0.05) is 31.5 Å². The van der Waals surface area contributed by atoms with Crippen LogP contribution in [0, 0.1) is 6.92 Å². The van der Waals surface area contributed by atoms with Gasteiger partial charge < -0.3 is 20.1 Å². The number of halogens is 1. The summed E-state index contributed by atoms with van der Waals surface area (Å²) in [6, 6.07) is 15.9. The first-order chi connectivity index (χ1) is 15.1. The first kappa shape index (κ1) is 25.5. The fourth-order valence-corrected chi connectivity index (χ4v) is 3.28. The Labute approximate surface area is 207 Å². The van der Waals surface area contributed by atoms with Crippen molar-refractivity contribution in [3.63, 3.8) is 0 Å². The summed E-state index contributed by atoms with van der Waals surface area (Å²) in [4.78, 5) is 4.31. The van der Waals surface area contributed by atoms with Crippen LogP contribution < -0.4 is 20.1 Å². The van der Waals surface area contributed by atoms with Crippen molar-refractivity contribution in [2.75, 3.05) is 32.6 Å². The van der Waals surface area contributed by atoms with Crippen LogP contribution in [0.5, 0.6) is 11.5 Å². The van der Waals surface area contributed by atoms with Gasteiger partial charge in [-0.3, -0.25) is 4.99 Å². The van der Waals surface area contributed by atoms with Gasteiger partial charge in [0.25, 0.3) is 0 Å². The molecule has 0 unspecified atom stereocenters. The molecule has 0 fully saturated rings. The van der Waals surface area contributed by atoms with Crippen LogP contribution in [0.2, 0.25) is 0 Å². The predicted molar refractivity (Wildman–Crippen MR) is 141 cm³/mol. The van der Waals surface area contributed by atoms with Gasteiger partial charge in [-0.2, -0.15) is 5.10 Å². The average molecular weight is 549 g/mol. The molecule has 0 aliphatic rings. The van der Waals surface area contributed by atoms with Crippen LogP contribution in [-0.4, -0.2) is 43.0 Å². The highest BCUT2D eigenvalue weighted by Gasteiger charge is 2.08. The molecule has 2 N–H and O–H groups in total. The van der Waals surface area contributed by atoms with Crippen LogP contribution in [-0.2, 0) is 6.42 Å². The van der Waals surface area contributed by atoms with Crippen molar-refractivity contribution in [2.24, 2.45) is 4.99 Å². The van der Waals surface area contributed by atoms with E-state index in [1.54, 1.807) is 14.2 Å². The fraction of sp³-hybridized carbons (Fsp3) is 0.333. The molecule has 0 aliphatic heterocycles. The minimum absolute atomic E-state index is 0. The Kier molecular flexibility index (Phi) is 10.3. The third-order valence-corrected chi connectivity index (χ3v) is 4.89. The number of hydrogen-bond donors (Lipinski definition) is 2. The van der Waals surface area contributed by atoms with E-state index in [0.29, 0.717) is 18.3 Å². The van der Waals surface area contributed by atoms with Gasteiger partial charge in [0.05, 0.1) is 25.1 Å². The van der Waals surface area contributed by atoms with Gasteiger partial charge in [-0.05, 0) is 56.5 Å². The molecule has 32 heavy (non-hydrogen) atoms. The molecular weight excluding hydrogens is 517 g/mol. The molecule has 0 bridgehead atoms. The van der Waals surface area contributed by atoms with E-state index in [2.05, 4.69) is 46.0 Å². The van der Waals surface area contributed by atoms with Gasteiger partial charge in [0.15, 0.2) is 17.5 Å². The van der Waals surface area contributed by atoms with Crippen molar-refractivity contribution in [1.29, 1.82) is 0 Å². The molecule has 0 atom stereocenters. The molecule has 3 aromatic rings. The molecule has 1 heterocycles. The third kappa shape index (κ3) is 6.88. The van der Waals surface area contributed by atoms with Crippen LogP contribution in [0.3, 0.4) is 0 Å². The number of anilines is 1. The quantitative estimate of drug-likeness (QED) is 0.173. The second-order valence-electron chi connectivity index (χ2n) is 7.05. The van der Waals surface area contributed by atoms with Crippen LogP contribution in [0.1, 0.15) is 24.6 Å². The largest absolute Gasteiger partial charge is 0.493 e. The van der Waals surface area contributed by atoms with Crippen molar-refractivity contribution in [3.05, 3.63) is 66.0 Å². The second-order valence-corrected chi connectivity index (χ2v) is 7.05. The Morgan fingerprint density at radius 2 is 1.91 bits per heavy atom. The molecule has 0 radical (unpaired) electrons. The van der Waals surface area contributed by atoms with Gasteiger partial charge in [-0.1, -0.05) is 18.2 Å². The molecule has 0 saturated heterocycles. The van der Waals surface area contributed by atoms with E-state index < -0.39 is 0 Å². The Morgan fingerprint density at radius 1 is 1.12 bits per heavy atom. The maximum atomic E-state index is 5.57. The first-order valence-corrected chi connectivity index (χ1v) is 10.5. The molecule has 1 aromatic heterocycles. The van der Waals surface area contributed by atoms with Crippen molar-refractivity contribution < 1.29 is 9.47 Å². The summed E-state index contributed by atoms with van der Waals surface area (Å²) in [5.74, 6) is 2.13. The van der Waals surface area contributed by atoms with Gasteiger partial charge in [0.1, 0.15) is 0 Å². The number of ether oxygens (including phenoxy) is 2. The number of methoxy groups -OCH3 is 1. The first-order valence-electron chi connectivity index (χ1n) is 10.5. The number of nitrogens with one attached hydrogen (secondary N) is 2. The van der Waals surface area contributed by atoms with E-state index in [1.165, 1.54) is 5.56 Å². The molecular formula is C24H32IN5O2. The van der Waals surface area contributed by atoms with E-state index in [-0.39, 0.29) is 24.0 Å². The number of aliphatic imine (C=N–C) groups is 1. The Bertz CT molecular complexity index is 1000. The normalized spacial score (nSPS) is 10.9. The minimum Gasteiger partial charge on any atom is -0.493 e. The lowest BCUT2D eigenvalue weighted by molar-refractivity contribution is 0.311. The molecule has 0 spiro atoms. The lowest BCUT2D eigenvalue weighted by atomic mass is 10.1. The lowest BCUT2D eigenvalue weighted by Gasteiger charge is -2.14. The molecule has 0 saturated carbocycles. The van der Waals surface area contributed by atoms with Crippen molar-refractivity contribution in [1.82, 2.24) is 15.1 Å². The summed E-state index contributed by atoms with van der Waals surface area (Å²) in [5, 5.41) is 11.3. The molecule has 2 aromatic carbocycles. The molecule has 3 rings (SSSR count). The van der Waals surface area contributed by atoms with Crippen LogP contribution >= 0.6 is 24.0 Å². The fourth-order valence-electron chi connectivity index (χ4n) is 3.28. The highest BCUT2D eigenvalue weighted by atomic mass is 127. The molecule has 0 aliphatic carbocycles. The highest BCUT2D eigenvalue weighted by molar-refractivity contribution is 14.0. The lowest BCUT2D eigenvalue weighted by Crippen LogP contribution is -2.31. The number of benzene rings is 2. The Balaban J connectivity index is 0.00000363. The van der Waals surface area contributed by atoms with Crippen LogP contribution in [0.25, 0.3) is 5.69 Å². The Hall–Kier alpha value is -2.75. The zero-order valence-corrected chi connectivity index (χ0v) is 21.4. The minimum atomic E-state index is 0. The summed E-state index contributed by atoms with van der Waals surface area (Å²) in [6.45, 7) is 5.40. The average Bonchev–Trinajstić information content (AvgIpc) is 3.18. The van der Waals surface area contributed by atoms with Crippen LogP contribution in [0.15, 0.2) is 59.7 Å². The van der Waals surface area contributed by atoms with E-state index in [9.17, 15) is 0 Å². The van der Waals surface area contributed by atoms with Gasteiger partial charge in [0.2, 0.25) is 0 Å². The van der Waals surface area contributed by atoms with Gasteiger partial charge in [-0.15, -0.1) is 24.0 Å². The third-order valence-electron chi connectivity index (χ3n) is 4.89. The summed E-state index contributed by atoms with van der Waals surface area (Å²) >= 11 is 0. The van der Waals surface area contributed by atoms with E-state index in [1.807, 2.05) is 48.0 Å². The van der Waals surface area contributed by atoms with E-state index in [0.717, 1.165) is 42.2 Å². The number of aryl methyl sites for hydroxylation is 2. The van der Waals surface area contributed by atoms with Crippen LogP contribution in [0.4, 0.5) is 5.69 Å². The maximum Gasteiger partial charge on any atom is 0.195 e. The topological polar surface area (TPSA) is 72.7 Å². The molecule has 8 heteroatoms. The highest BCUT2D eigenvalue weighted by Crippen LogP contribution is 2.30. The molecule has 7 nitrogen and oxygen atoms in total. The van der Waals surface area contributed by atoms with Gasteiger partial charge >= 0.3 is 0 Å². The van der Waals surface area contributed by atoms with E-state index >= 15 is 0 Å². The molecule has 172 valence electrons. The standard InChI is InChI=1S/C24H31N5O2.HI/c1-5-31-22-14-13-20(16-23(22)30-4)27-24(25-3)26-15-9-10-19-17-29(28-18(19)2)21-11-7-6-8-12-21;/h6-8,11-14,16-17H,5,9-10,15H2,1-4H3,(H2,25,26,27);1H.